The van der Waals surface area contributed by atoms with Crippen molar-refractivity contribution in [1.29, 1.82) is 0 Å². The monoisotopic (exact) mass is 255 g/mol. The molecule has 3 N–H and O–H groups in total. The third kappa shape index (κ3) is 3.45. The number of carbonyl (C=O) groups is 2. The van der Waals surface area contributed by atoms with Crippen LogP contribution in [0, 0.1) is 5.92 Å². The number of hydrogen-bond acceptors (Lipinski definition) is 3. The van der Waals surface area contributed by atoms with E-state index in [1.54, 1.807) is 4.90 Å². The third-order valence-corrected chi connectivity index (χ3v) is 3.39. The lowest BCUT2D eigenvalue weighted by Gasteiger charge is -2.28. The molecule has 0 radical (unpaired) electrons. The van der Waals surface area contributed by atoms with Gasteiger partial charge in [-0.3, -0.25) is 9.59 Å². The number of likely N-dealkylation sites (tertiary alicyclic amines) is 1. The Morgan fingerprint density at radius 1 is 1.44 bits per heavy atom. The van der Waals surface area contributed by atoms with Crippen molar-refractivity contribution in [3.05, 3.63) is 0 Å². The SMILES string of the molecule is CCCNC(=O)[C@@H]1CCCN1C(=O)[C@@H](N)C(C)C. The van der Waals surface area contributed by atoms with Crippen LogP contribution >= 0.6 is 0 Å². The van der Waals surface area contributed by atoms with Gasteiger partial charge in [0.2, 0.25) is 11.8 Å². The summed E-state index contributed by atoms with van der Waals surface area (Å²) >= 11 is 0. The second-order valence-electron chi connectivity index (χ2n) is 5.25. The van der Waals surface area contributed by atoms with Crippen LogP contribution in [0.2, 0.25) is 0 Å². The average molecular weight is 255 g/mol. The Labute approximate surface area is 109 Å². The molecule has 0 spiro atoms. The number of amides is 2. The molecule has 1 saturated heterocycles. The topological polar surface area (TPSA) is 75.4 Å². The molecule has 0 aliphatic carbocycles. The van der Waals surface area contributed by atoms with E-state index < -0.39 is 6.04 Å². The van der Waals surface area contributed by atoms with Gasteiger partial charge >= 0.3 is 0 Å². The van der Waals surface area contributed by atoms with Crippen molar-refractivity contribution in [1.82, 2.24) is 10.2 Å². The van der Waals surface area contributed by atoms with Crippen molar-refractivity contribution in [2.24, 2.45) is 11.7 Å². The van der Waals surface area contributed by atoms with Crippen LogP contribution in [0.5, 0.6) is 0 Å². The van der Waals surface area contributed by atoms with Crippen LogP contribution in [0.15, 0.2) is 0 Å². The number of nitrogens with zero attached hydrogens (tertiary/aromatic N) is 1. The molecule has 1 heterocycles. The number of nitrogens with one attached hydrogen (secondary N) is 1. The summed E-state index contributed by atoms with van der Waals surface area (Å²) in [5, 5.41) is 2.85. The zero-order valence-electron chi connectivity index (χ0n) is 11.6. The van der Waals surface area contributed by atoms with Gasteiger partial charge < -0.3 is 16.0 Å². The molecule has 0 aromatic rings. The summed E-state index contributed by atoms with van der Waals surface area (Å²) in [6, 6.07) is -0.835. The number of rotatable bonds is 5. The summed E-state index contributed by atoms with van der Waals surface area (Å²) in [5.41, 5.74) is 5.88. The molecule has 1 fully saturated rings. The summed E-state index contributed by atoms with van der Waals surface area (Å²) in [5.74, 6) is -0.0461. The minimum Gasteiger partial charge on any atom is -0.354 e. The fourth-order valence-corrected chi connectivity index (χ4v) is 2.15. The Morgan fingerprint density at radius 3 is 2.67 bits per heavy atom. The number of nitrogens with two attached hydrogens (primary N) is 1. The van der Waals surface area contributed by atoms with Crippen molar-refractivity contribution in [2.75, 3.05) is 13.1 Å². The van der Waals surface area contributed by atoms with Gasteiger partial charge in [-0.05, 0) is 25.2 Å². The fourth-order valence-electron chi connectivity index (χ4n) is 2.15. The van der Waals surface area contributed by atoms with E-state index in [9.17, 15) is 9.59 Å². The molecule has 2 atom stereocenters. The molecule has 0 unspecified atom stereocenters. The first-order valence-corrected chi connectivity index (χ1v) is 6.82. The molecule has 2 amide bonds. The normalized spacial score (nSPS) is 21.2. The second kappa shape index (κ2) is 6.73. The van der Waals surface area contributed by atoms with Crippen LogP contribution in [-0.4, -0.2) is 41.9 Å². The Balaban J connectivity index is 2.64. The van der Waals surface area contributed by atoms with Gasteiger partial charge in [0.05, 0.1) is 6.04 Å². The summed E-state index contributed by atoms with van der Waals surface area (Å²) in [7, 11) is 0. The van der Waals surface area contributed by atoms with Crippen molar-refractivity contribution < 1.29 is 9.59 Å². The van der Waals surface area contributed by atoms with Gasteiger partial charge in [0, 0.05) is 13.1 Å². The summed E-state index contributed by atoms with van der Waals surface area (Å²) < 4.78 is 0. The van der Waals surface area contributed by atoms with E-state index in [-0.39, 0.29) is 23.8 Å². The molecule has 0 aromatic heterocycles. The predicted octanol–water partition coefficient (Wildman–Crippen LogP) is 0.487. The summed E-state index contributed by atoms with van der Waals surface area (Å²) in [6.07, 6.45) is 2.52. The fraction of sp³-hybridized carbons (Fsp3) is 0.846. The van der Waals surface area contributed by atoms with E-state index in [4.69, 9.17) is 5.73 Å². The van der Waals surface area contributed by atoms with Crippen LogP contribution in [0.1, 0.15) is 40.0 Å². The van der Waals surface area contributed by atoms with Crippen LogP contribution in [0.4, 0.5) is 0 Å². The number of hydrogen-bond donors (Lipinski definition) is 2. The highest BCUT2D eigenvalue weighted by Gasteiger charge is 2.36. The molecular formula is C13H25N3O2. The lowest BCUT2D eigenvalue weighted by molar-refractivity contribution is -0.140. The van der Waals surface area contributed by atoms with E-state index >= 15 is 0 Å². The second-order valence-corrected chi connectivity index (χ2v) is 5.25. The van der Waals surface area contributed by atoms with Gasteiger partial charge in [0.1, 0.15) is 6.04 Å². The van der Waals surface area contributed by atoms with Crippen LogP contribution in [0.25, 0.3) is 0 Å². The molecule has 5 nitrogen and oxygen atoms in total. The first kappa shape index (κ1) is 15.0. The minimum atomic E-state index is -0.510. The minimum absolute atomic E-state index is 0.0429. The molecule has 0 aromatic carbocycles. The number of carbonyl (C=O) groups excluding carboxylic acids is 2. The van der Waals surface area contributed by atoms with Gasteiger partial charge in [0.25, 0.3) is 0 Å². The van der Waals surface area contributed by atoms with Gasteiger partial charge in [0.15, 0.2) is 0 Å². The van der Waals surface area contributed by atoms with Crippen LogP contribution in [0.3, 0.4) is 0 Å². The summed E-state index contributed by atoms with van der Waals surface area (Å²) in [6.45, 7) is 7.15. The van der Waals surface area contributed by atoms with E-state index in [0.29, 0.717) is 13.1 Å². The van der Waals surface area contributed by atoms with Crippen molar-refractivity contribution in [3.63, 3.8) is 0 Å². The highest BCUT2D eigenvalue weighted by atomic mass is 16.2. The maximum absolute atomic E-state index is 12.2. The Kier molecular flexibility index (Phi) is 5.59. The molecule has 0 bridgehead atoms. The Morgan fingerprint density at radius 2 is 2.11 bits per heavy atom. The highest BCUT2D eigenvalue weighted by Crippen LogP contribution is 2.19. The molecular weight excluding hydrogens is 230 g/mol. The Bertz CT molecular complexity index is 305. The van der Waals surface area contributed by atoms with Crippen molar-refractivity contribution >= 4 is 11.8 Å². The van der Waals surface area contributed by atoms with E-state index in [2.05, 4.69) is 5.32 Å². The smallest absolute Gasteiger partial charge is 0.242 e. The quantitative estimate of drug-likeness (QED) is 0.750. The molecule has 1 aliphatic heterocycles. The summed E-state index contributed by atoms with van der Waals surface area (Å²) in [4.78, 5) is 25.8. The zero-order chi connectivity index (χ0) is 13.7. The molecule has 1 aliphatic rings. The average Bonchev–Trinajstić information content (AvgIpc) is 2.82. The van der Waals surface area contributed by atoms with E-state index in [1.165, 1.54) is 0 Å². The van der Waals surface area contributed by atoms with E-state index in [0.717, 1.165) is 19.3 Å². The van der Waals surface area contributed by atoms with Crippen LogP contribution in [-0.2, 0) is 9.59 Å². The molecule has 104 valence electrons. The lowest BCUT2D eigenvalue weighted by atomic mass is 10.0. The van der Waals surface area contributed by atoms with Crippen molar-refractivity contribution in [3.8, 4) is 0 Å². The Hall–Kier alpha value is -1.10. The lowest BCUT2D eigenvalue weighted by Crippen LogP contribution is -2.52. The highest BCUT2D eigenvalue weighted by molar-refractivity contribution is 5.90. The van der Waals surface area contributed by atoms with Gasteiger partial charge in [-0.1, -0.05) is 20.8 Å². The predicted molar refractivity (Wildman–Crippen MR) is 70.8 cm³/mol. The maximum atomic E-state index is 12.2. The van der Waals surface area contributed by atoms with E-state index in [1.807, 2.05) is 20.8 Å². The first-order chi connectivity index (χ1) is 8.49. The molecule has 18 heavy (non-hydrogen) atoms. The van der Waals surface area contributed by atoms with Gasteiger partial charge in [-0.15, -0.1) is 0 Å². The maximum Gasteiger partial charge on any atom is 0.242 e. The third-order valence-electron chi connectivity index (χ3n) is 3.39. The van der Waals surface area contributed by atoms with Gasteiger partial charge in [-0.2, -0.15) is 0 Å². The molecule has 5 heteroatoms. The standard InChI is InChI=1S/C13H25N3O2/c1-4-7-15-12(17)10-6-5-8-16(10)13(18)11(14)9(2)3/h9-11H,4-8,14H2,1-3H3,(H,15,17)/t10-,11-/m0/s1. The molecule has 0 saturated carbocycles. The first-order valence-electron chi connectivity index (χ1n) is 6.82. The van der Waals surface area contributed by atoms with Crippen molar-refractivity contribution in [2.45, 2.75) is 52.1 Å². The van der Waals surface area contributed by atoms with Crippen LogP contribution < -0.4 is 11.1 Å². The van der Waals surface area contributed by atoms with Gasteiger partial charge in [-0.25, -0.2) is 0 Å². The molecule has 1 rings (SSSR count). The zero-order valence-corrected chi connectivity index (χ0v) is 11.6. The largest absolute Gasteiger partial charge is 0.354 e.